The van der Waals surface area contributed by atoms with Crippen molar-refractivity contribution in [3.05, 3.63) is 35.2 Å². The number of aromatic nitrogens is 1. The number of methoxy groups -OCH3 is 1. The number of fused-ring (bicyclic) bond motifs is 2. The van der Waals surface area contributed by atoms with Gasteiger partial charge in [0.15, 0.2) is 0 Å². The lowest BCUT2D eigenvalue weighted by Crippen LogP contribution is -2.41. The van der Waals surface area contributed by atoms with Crippen LogP contribution in [-0.2, 0) is 4.79 Å². The number of amides is 2. The molecule has 0 spiro atoms. The SMILES string of the molecule is COc1ccc2cc3cc(C(=O)N4CCC(C(N)=O)CC4)sc3nc2c1. The number of piperidine rings is 1. The predicted octanol–water partition coefficient (Wildman–Crippen LogP) is 2.80. The average Bonchev–Trinajstić information content (AvgIpc) is 3.07. The fourth-order valence-electron chi connectivity index (χ4n) is 3.36. The summed E-state index contributed by atoms with van der Waals surface area (Å²) in [5.74, 6) is 0.362. The van der Waals surface area contributed by atoms with Crippen LogP contribution in [0.25, 0.3) is 21.1 Å². The predicted molar refractivity (Wildman–Crippen MR) is 101 cm³/mol. The summed E-state index contributed by atoms with van der Waals surface area (Å²) in [4.78, 5) is 32.1. The highest BCUT2D eigenvalue weighted by Gasteiger charge is 2.27. The molecular weight excluding hydrogens is 350 g/mol. The molecule has 6 nitrogen and oxygen atoms in total. The Morgan fingerprint density at radius 1 is 1.19 bits per heavy atom. The number of benzene rings is 1. The number of hydrogen-bond donors (Lipinski definition) is 1. The monoisotopic (exact) mass is 369 g/mol. The van der Waals surface area contributed by atoms with Crippen molar-refractivity contribution in [2.45, 2.75) is 12.8 Å². The molecule has 2 aromatic heterocycles. The van der Waals surface area contributed by atoms with Gasteiger partial charge in [0.1, 0.15) is 10.6 Å². The molecule has 0 radical (unpaired) electrons. The van der Waals surface area contributed by atoms with Gasteiger partial charge in [-0.3, -0.25) is 9.59 Å². The Bertz CT molecular complexity index is 1010. The molecule has 1 fully saturated rings. The molecular formula is C19H19N3O3S. The summed E-state index contributed by atoms with van der Waals surface area (Å²) < 4.78 is 5.25. The van der Waals surface area contributed by atoms with Crippen LogP contribution in [0.4, 0.5) is 0 Å². The normalized spacial score (nSPS) is 15.5. The summed E-state index contributed by atoms with van der Waals surface area (Å²) >= 11 is 1.40. The number of thiophene rings is 1. The van der Waals surface area contributed by atoms with E-state index in [9.17, 15) is 9.59 Å². The molecule has 3 heterocycles. The van der Waals surface area contributed by atoms with Crippen LogP contribution >= 0.6 is 11.3 Å². The van der Waals surface area contributed by atoms with Crippen molar-refractivity contribution in [2.75, 3.05) is 20.2 Å². The Balaban J connectivity index is 1.61. The number of carbonyl (C=O) groups excluding carboxylic acids is 2. The molecule has 26 heavy (non-hydrogen) atoms. The zero-order valence-corrected chi connectivity index (χ0v) is 15.2. The molecule has 0 saturated carbocycles. The smallest absolute Gasteiger partial charge is 0.264 e. The van der Waals surface area contributed by atoms with E-state index in [1.165, 1.54) is 11.3 Å². The number of rotatable bonds is 3. The molecule has 7 heteroatoms. The van der Waals surface area contributed by atoms with Crippen molar-refractivity contribution in [1.29, 1.82) is 0 Å². The minimum absolute atomic E-state index is 0.00226. The highest BCUT2D eigenvalue weighted by molar-refractivity contribution is 7.20. The van der Waals surface area contributed by atoms with Crippen LogP contribution in [0, 0.1) is 5.92 Å². The molecule has 1 aliphatic heterocycles. The average molecular weight is 369 g/mol. The molecule has 2 N–H and O–H groups in total. The van der Waals surface area contributed by atoms with Gasteiger partial charge < -0.3 is 15.4 Å². The van der Waals surface area contributed by atoms with E-state index in [1.807, 2.05) is 30.3 Å². The van der Waals surface area contributed by atoms with Crippen molar-refractivity contribution in [2.24, 2.45) is 11.7 Å². The maximum absolute atomic E-state index is 12.8. The van der Waals surface area contributed by atoms with Gasteiger partial charge in [0.05, 0.1) is 17.5 Å². The number of likely N-dealkylation sites (tertiary alicyclic amines) is 1. The van der Waals surface area contributed by atoms with Gasteiger partial charge in [-0.2, -0.15) is 0 Å². The van der Waals surface area contributed by atoms with Crippen molar-refractivity contribution in [3.8, 4) is 5.75 Å². The number of primary amides is 1. The van der Waals surface area contributed by atoms with Crippen LogP contribution in [0.1, 0.15) is 22.5 Å². The fraction of sp³-hybridized carbons (Fsp3) is 0.316. The van der Waals surface area contributed by atoms with Crippen molar-refractivity contribution in [3.63, 3.8) is 0 Å². The van der Waals surface area contributed by atoms with E-state index < -0.39 is 0 Å². The number of hydrogen-bond acceptors (Lipinski definition) is 5. The third kappa shape index (κ3) is 2.99. The molecule has 0 unspecified atom stereocenters. The summed E-state index contributed by atoms with van der Waals surface area (Å²) in [5.41, 5.74) is 6.21. The second kappa shape index (κ2) is 6.57. The quantitative estimate of drug-likeness (QED) is 0.769. The van der Waals surface area contributed by atoms with Crippen LogP contribution in [0.15, 0.2) is 30.3 Å². The summed E-state index contributed by atoms with van der Waals surface area (Å²) in [6.07, 6.45) is 1.27. The number of carbonyl (C=O) groups is 2. The molecule has 1 aromatic carbocycles. The summed E-state index contributed by atoms with van der Waals surface area (Å²) in [7, 11) is 1.63. The Labute approximate surface area is 154 Å². The summed E-state index contributed by atoms with van der Waals surface area (Å²) in [6, 6.07) is 9.71. The van der Waals surface area contributed by atoms with E-state index in [4.69, 9.17) is 10.5 Å². The lowest BCUT2D eigenvalue weighted by molar-refractivity contribution is -0.123. The molecule has 1 aliphatic rings. The van der Waals surface area contributed by atoms with Gasteiger partial charge in [0, 0.05) is 35.8 Å². The van der Waals surface area contributed by atoms with Gasteiger partial charge in [-0.15, -0.1) is 11.3 Å². The minimum atomic E-state index is -0.273. The number of nitrogens with two attached hydrogens (primary N) is 1. The van der Waals surface area contributed by atoms with Crippen molar-refractivity contribution < 1.29 is 14.3 Å². The van der Waals surface area contributed by atoms with E-state index in [1.54, 1.807) is 12.0 Å². The van der Waals surface area contributed by atoms with E-state index >= 15 is 0 Å². The first-order valence-corrected chi connectivity index (χ1v) is 9.34. The third-order valence-corrected chi connectivity index (χ3v) is 5.94. The number of pyridine rings is 1. The molecule has 1 saturated heterocycles. The molecule has 0 atom stereocenters. The van der Waals surface area contributed by atoms with E-state index in [0.29, 0.717) is 30.8 Å². The number of ether oxygens (including phenoxy) is 1. The lowest BCUT2D eigenvalue weighted by Gasteiger charge is -2.30. The zero-order chi connectivity index (χ0) is 18.3. The highest BCUT2D eigenvalue weighted by atomic mass is 32.1. The molecule has 0 bridgehead atoms. The van der Waals surface area contributed by atoms with Crippen LogP contribution < -0.4 is 10.5 Å². The Morgan fingerprint density at radius 2 is 1.96 bits per heavy atom. The Morgan fingerprint density at radius 3 is 2.65 bits per heavy atom. The third-order valence-electron chi connectivity index (χ3n) is 4.91. The first kappa shape index (κ1) is 16.8. The van der Waals surface area contributed by atoms with Crippen molar-refractivity contribution in [1.82, 2.24) is 9.88 Å². The Hall–Kier alpha value is -2.67. The topological polar surface area (TPSA) is 85.5 Å². The van der Waals surface area contributed by atoms with Gasteiger partial charge in [-0.25, -0.2) is 4.98 Å². The minimum Gasteiger partial charge on any atom is -0.497 e. The first-order chi connectivity index (χ1) is 12.5. The maximum atomic E-state index is 12.8. The molecule has 3 aromatic rings. The van der Waals surface area contributed by atoms with E-state index in [-0.39, 0.29) is 17.7 Å². The first-order valence-electron chi connectivity index (χ1n) is 8.52. The maximum Gasteiger partial charge on any atom is 0.264 e. The van der Waals surface area contributed by atoms with Crippen LogP contribution in [0.2, 0.25) is 0 Å². The summed E-state index contributed by atoms with van der Waals surface area (Å²) in [6.45, 7) is 1.13. The standard InChI is InChI=1S/C19H19N3O3S/c1-25-14-3-2-12-8-13-9-16(26-18(13)21-15(12)10-14)19(24)22-6-4-11(5-7-22)17(20)23/h2-3,8-11H,4-7H2,1H3,(H2,20,23). The fourth-order valence-corrected chi connectivity index (χ4v) is 4.35. The van der Waals surface area contributed by atoms with E-state index in [2.05, 4.69) is 4.98 Å². The van der Waals surface area contributed by atoms with Gasteiger partial charge in [0.2, 0.25) is 5.91 Å². The van der Waals surface area contributed by atoms with Crippen LogP contribution in [-0.4, -0.2) is 41.9 Å². The van der Waals surface area contributed by atoms with Gasteiger partial charge >= 0.3 is 0 Å². The molecule has 0 aliphatic carbocycles. The van der Waals surface area contributed by atoms with Gasteiger partial charge in [-0.05, 0) is 37.1 Å². The van der Waals surface area contributed by atoms with E-state index in [0.717, 1.165) is 26.9 Å². The molecule has 2 amide bonds. The Kier molecular flexibility index (Phi) is 4.24. The highest BCUT2D eigenvalue weighted by Crippen LogP contribution is 2.30. The van der Waals surface area contributed by atoms with Gasteiger partial charge in [0.25, 0.3) is 5.91 Å². The molecule has 4 rings (SSSR count). The van der Waals surface area contributed by atoms with Gasteiger partial charge in [-0.1, -0.05) is 0 Å². The number of nitrogens with zero attached hydrogens (tertiary/aromatic N) is 2. The lowest BCUT2D eigenvalue weighted by atomic mass is 9.96. The second-order valence-electron chi connectivity index (χ2n) is 6.52. The largest absolute Gasteiger partial charge is 0.497 e. The molecule has 134 valence electrons. The van der Waals surface area contributed by atoms with Crippen LogP contribution in [0.3, 0.4) is 0 Å². The van der Waals surface area contributed by atoms with Crippen molar-refractivity contribution >= 4 is 44.3 Å². The zero-order valence-electron chi connectivity index (χ0n) is 14.4. The second-order valence-corrected chi connectivity index (χ2v) is 7.55. The van der Waals surface area contributed by atoms with Crippen LogP contribution in [0.5, 0.6) is 5.75 Å². The summed E-state index contributed by atoms with van der Waals surface area (Å²) in [5, 5.41) is 1.97.